The number of nitrogens with one attached hydrogen (secondary N) is 1. The molecule has 0 bridgehead atoms. The zero-order valence-corrected chi connectivity index (χ0v) is 15.2. The normalized spacial score (nSPS) is 14.2. The molecule has 1 N–H and O–H groups in total. The Labute approximate surface area is 139 Å². The molecule has 0 aliphatic rings. The number of aryl methyl sites for hydroxylation is 1. The van der Waals surface area contributed by atoms with Crippen LogP contribution in [0, 0.1) is 6.92 Å². The summed E-state index contributed by atoms with van der Waals surface area (Å²) in [5, 5.41) is 0. The van der Waals surface area contributed by atoms with E-state index in [1.54, 1.807) is 12.1 Å². The smallest absolute Gasteiger partial charge is 0.312 e. The predicted molar refractivity (Wildman–Crippen MR) is 90.8 cm³/mol. The molecule has 8 heteroatoms. The Bertz CT molecular complexity index is 609. The second kappa shape index (κ2) is 9.25. The average Bonchev–Trinajstić information content (AvgIpc) is 2.54. The van der Waals surface area contributed by atoms with Crippen LogP contribution in [-0.2, 0) is 29.4 Å². The highest BCUT2D eigenvalue weighted by Gasteiger charge is 2.26. The van der Waals surface area contributed by atoms with Gasteiger partial charge in [0.2, 0.25) is 0 Å². The van der Waals surface area contributed by atoms with Crippen LogP contribution in [0.1, 0.15) is 12.0 Å². The van der Waals surface area contributed by atoms with Crippen molar-refractivity contribution in [3.63, 3.8) is 0 Å². The third-order valence-corrected chi connectivity index (χ3v) is 6.22. The van der Waals surface area contributed by atoms with Crippen LogP contribution in [0.25, 0.3) is 0 Å². The lowest BCUT2D eigenvalue weighted by Gasteiger charge is -2.16. The lowest BCUT2D eigenvalue weighted by molar-refractivity contribution is -0.117. The zero-order valence-electron chi connectivity index (χ0n) is 13.5. The third-order valence-electron chi connectivity index (χ3n) is 3.15. The standard InChI is InChI=1S/C15H22NO5PS/c1-5-13(10-14(17)11-22(18,20-3)21-4)16-23(19)15-8-6-12(2)7-9-15/h5-9,13,16H,1,10-11H2,2-4H3/t13-,23-/m0/s1. The molecular weight excluding hydrogens is 337 g/mol. The number of benzene rings is 1. The first-order valence-corrected chi connectivity index (χ1v) is 9.80. The molecule has 1 aromatic carbocycles. The van der Waals surface area contributed by atoms with Crippen LogP contribution in [-0.4, -0.2) is 36.4 Å². The van der Waals surface area contributed by atoms with Crippen molar-refractivity contribution in [3.8, 4) is 0 Å². The molecule has 0 aliphatic carbocycles. The topological polar surface area (TPSA) is 81.7 Å². The average molecular weight is 359 g/mol. The molecule has 1 aromatic rings. The number of Topliss-reactive ketones (excluding diaryl/α,β-unsaturated/α-hetero) is 1. The van der Waals surface area contributed by atoms with Crippen molar-refractivity contribution in [3.05, 3.63) is 42.5 Å². The van der Waals surface area contributed by atoms with Crippen molar-refractivity contribution in [2.24, 2.45) is 0 Å². The maximum atomic E-state index is 12.2. The van der Waals surface area contributed by atoms with Crippen LogP contribution >= 0.6 is 7.60 Å². The van der Waals surface area contributed by atoms with E-state index in [9.17, 15) is 13.6 Å². The van der Waals surface area contributed by atoms with Gasteiger partial charge in [-0.3, -0.25) is 9.36 Å². The van der Waals surface area contributed by atoms with Crippen LogP contribution in [0.4, 0.5) is 0 Å². The quantitative estimate of drug-likeness (QED) is 0.513. The number of carbonyl (C=O) groups is 1. The lowest BCUT2D eigenvalue weighted by Crippen LogP contribution is -2.32. The van der Waals surface area contributed by atoms with Gasteiger partial charge in [0, 0.05) is 26.7 Å². The third kappa shape index (κ3) is 6.49. The van der Waals surface area contributed by atoms with E-state index in [0.717, 1.165) is 5.56 Å². The van der Waals surface area contributed by atoms with Gasteiger partial charge in [0.25, 0.3) is 0 Å². The van der Waals surface area contributed by atoms with Gasteiger partial charge in [-0.1, -0.05) is 23.8 Å². The molecule has 23 heavy (non-hydrogen) atoms. The van der Waals surface area contributed by atoms with Gasteiger partial charge in [0.15, 0.2) is 0 Å². The van der Waals surface area contributed by atoms with E-state index in [2.05, 4.69) is 11.3 Å². The van der Waals surface area contributed by atoms with E-state index in [1.807, 2.05) is 19.1 Å². The largest absolute Gasteiger partial charge is 0.337 e. The molecule has 0 heterocycles. The number of hydrogen-bond donors (Lipinski definition) is 1. The summed E-state index contributed by atoms with van der Waals surface area (Å²) < 4.78 is 36.5. The van der Waals surface area contributed by atoms with E-state index in [1.165, 1.54) is 20.3 Å². The van der Waals surface area contributed by atoms with Crippen molar-refractivity contribution < 1.29 is 22.6 Å². The molecule has 0 aliphatic heterocycles. The second-order valence-electron chi connectivity index (χ2n) is 4.92. The Morgan fingerprint density at radius 1 is 1.35 bits per heavy atom. The summed E-state index contributed by atoms with van der Waals surface area (Å²) in [4.78, 5) is 12.6. The highest BCUT2D eigenvalue weighted by Crippen LogP contribution is 2.46. The minimum absolute atomic E-state index is 0.00217. The van der Waals surface area contributed by atoms with Crippen molar-refractivity contribution in [2.75, 3.05) is 20.4 Å². The molecule has 128 valence electrons. The van der Waals surface area contributed by atoms with E-state index >= 15 is 0 Å². The molecule has 0 unspecified atom stereocenters. The molecule has 1 rings (SSSR count). The monoisotopic (exact) mass is 359 g/mol. The maximum absolute atomic E-state index is 12.2. The Balaban J connectivity index is 2.65. The second-order valence-corrected chi connectivity index (χ2v) is 8.43. The first-order chi connectivity index (χ1) is 10.8. The first kappa shape index (κ1) is 19.9. The van der Waals surface area contributed by atoms with Crippen LogP contribution < -0.4 is 4.72 Å². The summed E-state index contributed by atoms with van der Waals surface area (Å²) in [6.07, 6.45) is 1.16. The fourth-order valence-electron chi connectivity index (χ4n) is 1.77. The molecule has 0 saturated heterocycles. The molecule has 0 aromatic heterocycles. The van der Waals surface area contributed by atoms with Crippen molar-refractivity contribution >= 4 is 24.4 Å². The van der Waals surface area contributed by atoms with Crippen LogP contribution in [0.15, 0.2) is 41.8 Å². The molecule has 6 nitrogen and oxygen atoms in total. The fourth-order valence-corrected chi connectivity index (χ4v) is 3.71. The summed E-state index contributed by atoms with van der Waals surface area (Å²) in [5.41, 5.74) is 1.07. The van der Waals surface area contributed by atoms with Crippen molar-refractivity contribution in [2.45, 2.75) is 24.3 Å². The summed E-state index contributed by atoms with van der Waals surface area (Å²) in [6, 6.07) is 6.72. The number of hydrogen-bond acceptors (Lipinski definition) is 5. The van der Waals surface area contributed by atoms with Crippen molar-refractivity contribution in [1.82, 2.24) is 4.72 Å². The zero-order chi connectivity index (χ0) is 17.5. The first-order valence-electron chi connectivity index (χ1n) is 6.93. The van der Waals surface area contributed by atoms with Gasteiger partial charge in [-0.05, 0) is 19.1 Å². The Hall–Kier alpha value is -1.11. The number of carbonyl (C=O) groups excluding carboxylic acids is 1. The molecule has 2 atom stereocenters. The Morgan fingerprint density at radius 3 is 2.39 bits per heavy atom. The minimum atomic E-state index is -3.39. The lowest BCUT2D eigenvalue weighted by atomic mass is 10.2. The van der Waals surface area contributed by atoms with Gasteiger partial charge in [-0.2, -0.15) is 0 Å². The molecule has 0 amide bonds. The molecule has 0 saturated carbocycles. The van der Waals surface area contributed by atoms with E-state index < -0.39 is 24.6 Å². The van der Waals surface area contributed by atoms with E-state index in [4.69, 9.17) is 9.05 Å². The number of ketones is 1. The minimum Gasteiger partial charge on any atom is -0.312 e. The molecular formula is C15H22NO5PS. The van der Waals surface area contributed by atoms with Crippen LogP contribution in [0.3, 0.4) is 0 Å². The summed E-state index contributed by atoms with van der Waals surface area (Å²) in [7, 11) is -2.40. The van der Waals surface area contributed by atoms with Crippen molar-refractivity contribution in [1.29, 1.82) is 0 Å². The van der Waals surface area contributed by atoms with Crippen LogP contribution in [0.5, 0.6) is 0 Å². The molecule has 0 fully saturated rings. The number of rotatable bonds is 10. The van der Waals surface area contributed by atoms with E-state index in [-0.39, 0.29) is 18.4 Å². The van der Waals surface area contributed by atoms with Gasteiger partial charge in [-0.25, -0.2) is 8.93 Å². The van der Waals surface area contributed by atoms with Crippen LogP contribution in [0.2, 0.25) is 0 Å². The fraction of sp³-hybridized carbons (Fsp3) is 0.400. The van der Waals surface area contributed by atoms with Gasteiger partial charge in [0.05, 0.1) is 4.90 Å². The summed E-state index contributed by atoms with van der Waals surface area (Å²) in [6.45, 7) is 5.57. The maximum Gasteiger partial charge on any atom is 0.337 e. The summed E-state index contributed by atoms with van der Waals surface area (Å²) >= 11 is 0. The Morgan fingerprint density at radius 2 is 1.91 bits per heavy atom. The van der Waals surface area contributed by atoms with Gasteiger partial charge >= 0.3 is 7.60 Å². The molecule has 0 spiro atoms. The highest BCUT2D eigenvalue weighted by molar-refractivity contribution is 7.83. The SMILES string of the molecule is C=C[C@@H](CC(=O)CP(=O)(OC)OC)N[S@@](=O)c1ccc(C)cc1. The van der Waals surface area contributed by atoms with Gasteiger partial charge in [-0.15, -0.1) is 6.58 Å². The Kier molecular flexibility index (Phi) is 8.02. The van der Waals surface area contributed by atoms with Gasteiger partial charge < -0.3 is 9.05 Å². The van der Waals surface area contributed by atoms with E-state index in [0.29, 0.717) is 4.90 Å². The summed E-state index contributed by atoms with van der Waals surface area (Å²) in [5.74, 6) is -0.324. The highest BCUT2D eigenvalue weighted by atomic mass is 32.2. The predicted octanol–water partition coefficient (Wildman–Crippen LogP) is 2.61. The molecule has 0 radical (unpaired) electrons. The van der Waals surface area contributed by atoms with Gasteiger partial charge in [0.1, 0.15) is 22.9 Å².